The summed E-state index contributed by atoms with van der Waals surface area (Å²) in [7, 11) is -3.49. The lowest BCUT2D eigenvalue weighted by atomic mass is 10.1. The topological polar surface area (TPSA) is 72.8 Å². The molecule has 0 atom stereocenters. The molecule has 2 aromatic rings. The van der Waals surface area contributed by atoms with Gasteiger partial charge in [-0.05, 0) is 23.8 Å². The van der Waals surface area contributed by atoms with E-state index in [1.54, 1.807) is 24.3 Å². The Bertz CT molecular complexity index is 854. The first-order valence-corrected chi connectivity index (χ1v) is 10.4. The molecule has 9 heteroatoms. The van der Waals surface area contributed by atoms with Gasteiger partial charge in [0, 0.05) is 35.6 Å². The van der Waals surface area contributed by atoms with Crippen LogP contribution in [0.25, 0.3) is 0 Å². The summed E-state index contributed by atoms with van der Waals surface area (Å²) in [6.07, 6.45) is 2.22. The number of anilines is 1. The second-order valence-corrected chi connectivity index (χ2v) is 8.65. The number of nitrogens with zero attached hydrogens (tertiary/aromatic N) is 1. The van der Waals surface area contributed by atoms with Crippen LogP contribution in [0, 0.1) is 0 Å². The number of hydrogen-bond donors (Lipinski definition) is 1. The predicted octanol–water partition coefficient (Wildman–Crippen LogP) is 2.48. The van der Waals surface area contributed by atoms with Crippen molar-refractivity contribution in [2.24, 2.45) is 0 Å². The second kappa shape index (κ2) is 8.54. The molecule has 0 radical (unpaired) electrons. The molecule has 0 amide bonds. The summed E-state index contributed by atoms with van der Waals surface area (Å²) < 4.78 is 31.8. The zero-order valence-corrected chi connectivity index (χ0v) is 16.4. The van der Waals surface area contributed by atoms with Crippen LogP contribution >= 0.6 is 23.2 Å². The highest BCUT2D eigenvalue weighted by molar-refractivity contribution is 7.89. The Labute approximate surface area is 163 Å². The average molecular weight is 417 g/mol. The quantitative estimate of drug-likeness (QED) is 0.784. The van der Waals surface area contributed by atoms with Crippen LogP contribution in [0.1, 0.15) is 5.56 Å². The lowest BCUT2D eigenvalue weighted by Gasteiger charge is -2.25. The van der Waals surface area contributed by atoms with Gasteiger partial charge in [0.05, 0.1) is 19.8 Å². The molecule has 1 aromatic heterocycles. The zero-order chi connectivity index (χ0) is 18.6. The van der Waals surface area contributed by atoms with Gasteiger partial charge in [-0.25, -0.2) is 13.4 Å². The maximum Gasteiger partial charge on any atom is 0.272 e. The summed E-state index contributed by atoms with van der Waals surface area (Å²) in [5.74, 6) is 0.732. The van der Waals surface area contributed by atoms with E-state index in [1.165, 1.54) is 10.5 Å². The van der Waals surface area contributed by atoms with Crippen molar-refractivity contribution in [3.05, 3.63) is 52.1 Å². The standard InChI is InChI=1S/C17H19Cl2N3O3S/c18-14-2-1-13(16(19)11-14)5-6-20-17-4-3-15(12-21-17)26(23,24)22-7-9-25-10-8-22/h1-4,11-12H,5-10H2,(H,20,21)/p+1. The van der Waals surface area contributed by atoms with Crippen molar-refractivity contribution in [3.63, 3.8) is 0 Å². The van der Waals surface area contributed by atoms with E-state index >= 15 is 0 Å². The third kappa shape index (κ3) is 4.66. The Morgan fingerprint density at radius 3 is 2.58 bits per heavy atom. The van der Waals surface area contributed by atoms with Crippen LogP contribution in [-0.4, -0.2) is 45.6 Å². The van der Waals surface area contributed by atoms with E-state index in [0.29, 0.717) is 42.9 Å². The number of rotatable bonds is 6. The number of benzene rings is 1. The minimum absolute atomic E-state index is 0.241. The summed E-state index contributed by atoms with van der Waals surface area (Å²) >= 11 is 12.0. The van der Waals surface area contributed by atoms with E-state index in [2.05, 4.69) is 10.3 Å². The Morgan fingerprint density at radius 2 is 1.92 bits per heavy atom. The molecule has 1 saturated heterocycles. The van der Waals surface area contributed by atoms with Crippen molar-refractivity contribution in [1.82, 2.24) is 4.31 Å². The largest absolute Gasteiger partial charge is 0.379 e. The Hall–Kier alpha value is -1.38. The van der Waals surface area contributed by atoms with Crippen molar-refractivity contribution >= 4 is 39.0 Å². The molecule has 1 aliphatic heterocycles. The van der Waals surface area contributed by atoms with Crippen LogP contribution in [0.5, 0.6) is 0 Å². The first-order valence-electron chi connectivity index (χ1n) is 8.24. The first kappa shape index (κ1) is 19.4. The summed E-state index contributed by atoms with van der Waals surface area (Å²) in [6.45, 7) is 2.26. The van der Waals surface area contributed by atoms with Gasteiger partial charge in [0.2, 0.25) is 10.0 Å². The molecular formula is C17H20Cl2N3O3S+. The molecule has 6 nitrogen and oxygen atoms in total. The number of aromatic amines is 1. The molecule has 0 aliphatic carbocycles. The molecule has 1 aromatic carbocycles. The number of pyridine rings is 1. The average Bonchev–Trinajstić information content (AvgIpc) is 2.65. The third-order valence-corrected chi connectivity index (χ3v) is 6.60. The molecular weight excluding hydrogens is 397 g/mol. The lowest BCUT2D eigenvalue weighted by molar-refractivity contribution is -0.364. The van der Waals surface area contributed by atoms with Gasteiger partial charge in [0.25, 0.3) is 5.82 Å². The summed E-state index contributed by atoms with van der Waals surface area (Å²) in [5, 5.41) is 4.46. The van der Waals surface area contributed by atoms with Crippen LogP contribution in [-0.2, 0) is 21.2 Å². The van der Waals surface area contributed by atoms with Crippen molar-refractivity contribution in [2.75, 3.05) is 38.2 Å². The SMILES string of the molecule is O=S(=O)(c1ccc(NCCc2ccc(Cl)cc2Cl)[nH+]c1)N1CCOCC1. The number of aromatic nitrogens is 1. The number of sulfonamides is 1. The molecule has 3 rings (SSSR count). The van der Waals surface area contributed by atoms with Crippen LogP contribution in [0.2, 0.25) is 10.0 Å². The first-order chi connectivity index (χ1) is 12.5. The fourth-order valence-corrected chi connectivity index (χ4v) is 4.55. The van der Waals surface area contributed by atoms with Gasteiger partial charge in [0.15, 0.2) is 0 Å². The van der Waals surface area contributed by atoms with E-state index in [-0.39, 0.29) is 4.90 Å². The summed E-state index contributed by atoms with van der Waals surface area (Å²) in [5.41, 5.74) is 0.995. The highest BCUT2D eigenvalue weighted by atomic mass is 35.5. The molecule has 140 valence electrons. The van der Waals surface area contributed by atoms with Crippen molar-refractivity contribution in [2.45, 2.75) is 11.3 Å². The number of nitrogens with one attached hydrogen (secondary N) is 2. The van der Waals surface area contributed by atoms with Gasteiger partial charge < -0.3 is 4.74 Å². The summed E-state index contributed by atoms with van der Waals surface area (Å²) in [4.78, 5) is 3.23. The molecule has 2 N–H and O–H groups in total. The van der Waals surface area contributed by atoms with Gasteiger partial charge in [-0.2, -0.15) is 4.31 Å². The number of ether oxygens (including phenoxy) is 1. The molecule has 1 fully saturated rings. The van der Waals surface area contributed by atoms with Gasteiger partial charge in [-0.1, -0.05) is 29.3 Å². The maximum atomic E-state index is 12.6. The third-order valence-electron chi connectivity index (χ3n) is 4.12. The smallest absolute Gasteiger partial charge is 0.272 e. The molecule has 1 aliphatic rings. The van der Waals surface area contributed by atoms with E-state index in [4.69, 9.17) is 27.9 Å². The van der Waals surface area contributed by atoms with Gasteiger partial charge in [-0.15, -0.1) is 0 Å². The van der Waals surface area contributed by atoms with Crippen LogP contribution in [0.3, 0.4) is 0 Å². The lowest BCUT2D eigenvalue weighted by Crippen LogP contribution is -2.40. The number of H-pyrrole nitrogens is 1. The second-order valence-electron chi connectivity index (χ2n) is 5.87. The maximum absolute atomic E-state index is 12.6. The number of morpholine rings is 1. The highest BCUT2D eigenvalue weighted by Gasteiger charge is 2.27. The molecule has 0 bridgehead atoms. The minimum atomic E-state index is -3.49. The van der Waals surface area contributed by atoms with Gasteiger partial charge in [0.1, 0.15) is 11.1 Å². The Balaban J connectivity index is 1.59. The number of hydrogen-bond acceptors (Lipinski definition) is 4. The highest BCUT2D eigenvalue weighted by Crippen LogP contribution is 2.21. The van der Waals surface area contributed by atoms with E-state index in [0.717, 1.165) is 17.8 Å². The molecule has 2 heterocycles. The molecule has 0 saturated carbocycles. The van der Waals surface area contributed by atoms with Gasteiger partial charge >= 0.3 is 0 Å². The number of halogens is 2. The van der Waals surface area contributed by atoms with E-state index in [1.807, 2.05) is 6.07 Å². The van der Waals surface area contributed by atoms with Crippen molar-refractivity contribution < 1.29 is 18.1 Å². The van der Waals surface area contributed by atoms with Crippen LogP contribution in [0.15, 0.2) is 41.4 Å². The van der Waals surface area contributed by atoms with Crippen molar-refractivity contribution in [1.29, 1.82) is 0 Å². The van der Waals surface area contributed by atoms with Crippen LogP contribution in [0.4, 0.5) is 5.82 Å². The molecule has 0 unspecified atom stereocenters. The van der Waals surface area contributed by atoms with E-state index in [9.17, 15) is 8.42 Å². The van der Waals surface area contributed by atoms with E-state index < -0.39 is 10.0 Å². The predicted molar refractivity (Wildman–Crippen MR) is 101 cm³/mol. The molecule has 26 heavy (non-hydrogen) atoms. The zero-order valence-electron chi connectivity index (χ0n) is 14.0. The normalized spacial score (nSPS) is 15.8. The Kier molecular flexibility index (Phi) is 6.37. The van der Waals surface area contributed by atoms with Crippen LogP contribution < -0.4 is 10.3 Å². The fraction of sp³-hybridized carbons (Fsp3) is 0.353. The Morgan fingerprint density at radius 1 is 1.15 bits per heavy atom. The van der Waals surface area contributed by atoms with Gasteiger partial charge in [-0.3, -0.25) is 5.32 Å². The fourth-order valence-electron chi connectivity index (χ4n) is 2.67. The summed E-state index contributed by atoms with van der Waals surface area (Å²) in [6, 6.07) is 8.74. The molecule has 0 spiro atoms. The monoisotopic (exact) mass is 416 g/mol. The minimum Gasteiger partial charge on any atom is -0.379 e. The van der Waals surface area contributed by atoms with Crippen molar-refractivity contribution in [3.8, 4) is 0 Å².